The lowest BCUT2D eigenvalue weighted by Crippen LogP contribution is -2.10. The van der Waals surface area contributed by atoms with Crippen molar-refractivity contribution in [3.63, 3.8) is 0 Å². The second kappa shape index (κ2) is 8.97. The maximum absolute atomic E-state index is 5.81. The molecular formula is C17H22N2O4. The normalized spacial score (nSPS) is 10.5. The fraction of sp³-hybridized carbons (Fsp3) is 0.353. The molecule has 2 N–H and O–H groups in total. The molecule has 0 aliphatic heterocycles. The van der Waals surface area contributed by atoms with Crippen molar-refractivity contribution in [2.24, 2.45) is 0 Å². The van der Waals surface area contributed by atoms with Crippen LogP contribution in [0, 0.1) is 0 Å². The first kappa shape index (κ1) is 17.1. The van der Waals surface area contributed by atoms with Gasteiger partial charge in [0.15, 0.2) is 11.6 Å². The highest BCUT2D eigenvalue weighted by Crippen LogP contribution is 2.32. The molecule has 2 rings (SSSR count). The first-order chi connectivity index (χ1) is 11.3. The van der Waals surface area contributed by atoms with E-state index in [9.17, 15) is 0 Å². The predicted octanol–water partition coefficient (Wildman–Crippen LogP) is 2.38. The summed E-state index contributed by atoms with van der Waals surface area (Å²) >= 11 is 0. The number of nitrogen functional groups attached to an aromatic ring is 1. The number of pyridine rings is 1. The second-order valence-electron chi connectivity index (χ2n) is 4.76. The van der Waals surface area contributed by atoms with Crippen LogP contribution in [0.15, 0.2) is 36.5 Å². The van der Waals surface area contributed by atoms with Crippen LogP contribution < -0.4 is 15.2 Å². The van der Waals surface area contributed by atoms with Gasteiger partial charge in [-0.25, -0.2) is 4.98 Å². The molecule has 0 atom stereocenters. The van der Waals surface area contributed by atoms with Gasteiger partial charge in [0, 0.05) is 24.4 Å². The quantitative estimate of drug-likeness (QED) is 0.715. The van der Waals surface area contributed by atoms with E-state index >= 15 is 0 Å². The summed E-state index contributed by atoms with van der Waals surface area (Å²) in [6.07, 6.45) is 1.70. The Labute approximate surface area is 136 Å². The van der Waals surface area contributed by atoms with E-state index in [1.807, 2.05) is 30.3 Å². The van der Waals surface area contributed by atoms with Gasteiger partial charge in [-0.05, 0) is 12.1 Å². The minimum atomic E-state index is 0.362. The molecule has 0 aliphatic carbocycles. The Morgan fingerprint density at radius 2 is 1.78 bits per heavy atom. The molecule has 0 radical (unpaired) electrons. The molecule has 0 unspecified atom stereocenters. The van der Waals surface area contributed by atoms with E-state index in [0.29, 0.717) is 38.0 Å². The number of methoxy groups -OCH3 is 2. The number of nitrogens with two attached hydrogens (primary N) is 1. The van der Waals surface area contributed by atoms with Gasteiger partial charge in [-0.15, -0.1) is 0 Å². The lowest BCUT2D eigenvalue weighted by atomic mass is 10.1. The first-order valence-electron chi connectivity index (χ1n) is 7.34. The Kier molecular flexibility index (Phi) is 6.65. The average molecular weight is 318 g/mol. The topological polar surface area (TPSA) is 75.8 Å². The molecule has 2 aromatic rings. The first-order valence-corrected chi connectivity index (χ1v) is 7.34. The van der Waals surface area contributed by atoms with E-state index < -0.39 is 0 Å². The number of hydrogen-bond donors (Lipinski definition) is 1. The zero-order chi connectivity index (χ0) is 16.5. The molecule has 0 aliphatic rings. The van der Waals surface area contributed by atoms with Crippen molar-refractivity contribution in [3.05, 3.63) is 36.5 Å². The van der Waals surface area contributed by atoms with E-state index in [1.54, 1.807) is 20.4 Å². The van der Waals surface area contributed by atoms with Crippen molar-refractivity contribution in [2.75, 3.05) is 46.4 Å². The fourth-order valence-electron chi connectivity index (χ4n) is 2.05. The molecule has 1 heterocycles. The largest absolute Gasteiger partial charge is 0.493 e. The summed E-state index contributed by atoms with van der Waals surface area (Å²) in [4.78, 5) is 4.16. The van der Waals surface area contributed by atoms with Crippen LogP contribution in [0.1, 0.15) is 0 Å². The van der Waals surface area contributed by atoms with Crippen molar-refractivity contribution in [2.45, 2.75) is 0 Å². The smallest absolute Gasteiger partial charge is 0.166 e. The fourth-order valence-corrected chi connectivity index (χ4v) is 2.05. The number of ether oxygens (including phenoxy) is 4. The van der Waals surface area contributed by atoms with E-state index in [2.05, 4.69) is 4.98 Å². The maximum atomic E-state index is 5.81. The Bertz CT molecular complexity index is 619. The number of benzene rings is 1. The van der Waals surface area contributed by atoms with Gasteiger partial charge < -0.3 is 24.7 Å². The number of nitrogens with zero attached hydrogens (tertiary/aromatic N) is 1. The van der Waals surface area contributed by atoms with E-state index in [1.165, 1.54) is 0 Å². The van der Waals surface area contributed by atoms with Crippen molar-refractivity contribution < 1.29 is 18.9 Å². The Balaban J connectivity index is 2.05. The number of para-hydroxylation sites is 1. The summed E-state index contributed by atoms with van der Waals surface area (Å²) in [5.41, 5.74) is 7.57. The van der Waals surface area contributed by atoms with Gasteiger partial charge in [-0.1, -0.05) is 18.2 Å². The average Bonchev–Trinajstić information content (AvgIpc) is 2.59. The summed E-state index contributed by atoms with van der Waals surface area (Å²) in [6, 6.07) is 9.59. The third-order valence-electron chi connectivity index (χ3n) is 3.22. The zero-order valence-corrected chi connectivity index (χ0v) is 13.5. The lowest BCUT2D eigenvalue weighted by Gasteiger charge is -2.13. The standard InChI is InChI=1S/C17H22N2O4/c1-20-7-8-22-9-10-23-15-6-4-3-5-14(15)13-11-16(21-2)17(18)19-12-13/h3-6,11-12H,7-10H2,1-2H3,(H2,18,19). The highest BCUT2D eigenvalue weighted by Gasteiger charge is 2.09. The molecule has 1 aromatic heterocycles. The SMILES string of the molecule is COCCOCCOc1ccccc1-c1cnc(N)c(OC)c1. The highest BCUT2D eigenvalue weighted by atomic mass is 16.5. The van der Waals surface area contributed by atoms with E-state index in [0.717, 1.165) is 16.9 Å². The molecule has 0 saturated carbocycles. The summed E-state index contributed by atoms with van der Waals surface area (Å²) in [5, 5.41) is 0. The van der Waals surface area contributed by atoms with Crippen molar-refractivity contribution in [3.8, 4) is 22.6 Å². The molecule has 6 nitrogen and oxygen atoms in total. The minimum absolute atomic E-state index is 0.362. The molecular weight excluding hydrogens is 296 g/mol. The summed E-state index contributed by atoms with van der Waals surface area (Å²) in [5.74, 6) is 1.66. The van der Waals surface area contributed by atoms with Crippen molar-refractivity contribution in [1.29, 1.82) is 0 Å². The second-order valence-corrected chi connectivity index (χ2v) is 4.76. The van der Waals surface area contributed by atoms with Gasteiger partial charge in [0.25, 0.3) is 0 Å². The zero-order valence-electron chi connectivity index (χ0n) is 13.5. The Morgan fingerprint density at radius 3 is 2.57 bits per heavy atom. The molecule has 0 fully saturated rings. The monoisotopic (exact) mass is 318 g/mol. The van der Waals surface area contributed by atoms with Gasteiger partial charge in [0.2, 0.25) is 0 Å². The van der Waals surface area contributed by atoms with Gasteiger partial charge in [0.05, 0.1) is 26.9 Å². The minimum Gasteiger partial charge on any atom is -0.493 e. The van der Waals surface area contributed by atoms with Crippen LogP contribution in [-0.2, 0) is 9.47 Å². The molecule has 0 saturated heterocycles. The van der Waals surface area contributed by atoms with E-state index in [4.69, 9.17) is 24.7 Å². The van der Waals surface area contributed by atoms with Gasteiger partial charge >= 0.3 is 0 Å². The number of aromatic nitrogens is 1. The molecule has 0 amide bonds. The molecule has 6 heteroatoms. The molecule has 0 bridgehead atoms. The third kappa shape index (κ3) is 4.84. The highest BCUT2D eigenvalue weighted by molar-refractivity contribution is 5.72. The molecule has 23 heavy (non-hydrogen) atoms. The predicted molar refractivity (Wildman–Crippen MR) is 88.8 cm³/mol. The lowest BCUT2D eigenvalue weighted by molar-refractivity contribution is 0.0545. The van der Waals surface area contributed by atoms with Crippen molar-refractivity contribution in [1.82, 2.24) is 4.98 Å². The van der Waals surface area contributed by atoms with E-state index in [-0.39, 0.29) is 0 Å². The van der Waals surface area contributed by atoms with Gasteiger partial charge in [-0.2, -0.15) is 0 Å². The molecule has 1 aromatic carbocycles. The Hall–Kier alpha value is -2.31. The third-order valence-corrected chi connectivity index (χ3v) is 3.22. The number of anilines is 1. The van der Waals surface area contributed by atoms with Crippen LogP contribution in [0.5, 0.6) is 11.5 Å². The van der Waals surface area contributed by atoms with Crippen LogP contribution in [0.3, 0.4) is 0 Å². The van der Waals surface area contributed by atoms with Crippen LogP contribution in [-0.4, -0.2) is 45.6 Å². The summed E-state index contributed by atoms with van der Waals surface area (Å²) in [6.45, 7) is 2.09. The molecule has 0 spiro atoms. The van der Waals surface area contributed by atoms with Gasteiger partial charge in [0.1, 0.15) is 12.4 Å². The summed E-state index contributed by atoms with van der Waals surface area (Å²) < 4.78 is 21.3. The number of hydrogen-bond acceptors (Lipinski definition) is 6. The maximum Gasteiger partial charge on any atom is 0.166 e. The Morgan fingerprint density at radius 1 is 1.00 bits per heavy atom. The van der Waals surface area contributed by atoms with Crippen LogP contribution in [0.2, 0.25) is 0 Å². The summed E-state index contributed by atoms with van der Waals surface area (Å²) in [7, 11) is 3.21. The van der Waals surface area contributed by atoms with Crippen LogP contribution in [0.25, 0.3) is 11.1 Å². The number of rotatable bonds is 9. The van der Waals surface area contributed by atoms with Crippen LogP contribution in [0.4, 0.5) is 5.82 Å². The molecule has 124 valence electrons. The van der Waals surface area contributed by atoms with Crippen LogP contribution >= 0.6 is 0 Å². The van der Waals surface area contributed by atoms with Crippen molar-refractivity contribution >= 4 is 5.82 Å². The van der Waals surface area contributed by atoms with Gasteiger partial charge in [-0.3, -0.25) is 0 Å².